The molecule has 102 valence electrons. The minimum Gasteiger partial charge on any atom is -0.396 e. The summed E-state index contributed by atoms with van der Waals surface area (Å²) in [5.41, 5.74) is 0. The maximum atomic E-state index is 11.8. The first-order valence-corrected chi connectivity index (χ1v) is 6.68. The van der Waals surface area contributed by atoms with Crippen LogP contribution in [0.5, 0.6) is 0 Å². The maximum absolute atomic E-state index is 11.8. The van der Waals surface area contributed by atoms with Crippen molar-refractivity contribution in [1.82, 2.24) is 10.6 Å². The van der Waals surface area contributed by atoms with Crippen molar-refractivity contribution >= 4 is 5.91 Å². The van der Waals surface area contributed by atoms with Crippen LogP contribution in [0.25, 0.3) is 0 Å². The van der Waals surface area contributed by atoms with Gasteiger partial charge in [-0.1, -0.05) is 13.3 Å². The van der Waals surface area contributed by atoms with Crippen LogP contribution in [0.1, 0.15) is 53.4 Å². The van der Waals surface area contributed by atoms with Gasteiger partial charge in [-0.2, -0.15) is 0 Å². The van der Waals surface area contributed by atoms with Gasteiger partial charge < -0.3 is 15.7 Å². The molecule has 0 spiro atoms. The van der Waals surface area contributed by atoms with Gasteiger partial charge in [-0.25, -0.2) is 0 Å². The van der Waals surface area contributed by atoms with Gasteiger partial charge in [0.25, 0.3) is 0 Å². The average Bonchev–Trinajstić information content (AvgIpc) is 2.26. The van der Waals surface area contributed by atoms with Crippen molar-refractivity contribution < 1.29 is 9.90 Å². The molecule has 0 saturated carbocycles. The highest BCUT2D eigenvalue weighted by molar-refractivity contribution is 5.81. The Morgan fingerprint density at radius 3 is 2.35 bits per heavy atom. The zero-order chi connectivity index (χ0) is 13.3. The topological polar surface area (TPSA) is 61.4 Å². The lowest BCUT2D eigenvalue weighted by atomic mass is 10.1. The number of carbonyl (C=O) groups is 1. The minimum absolute atomic E-state index is 0.0572. The van der Waals surface area contributed by atoms with Crippen molar-refractivity contribution in [2.75, 3.05) is 6.61 Å². The number of aliphatic hydroxyl groups is 1. The van der Waals surface area contributed by atoms with Crippen LogP contribution in [0.3, 0.4) is 0 Å². The summed E-state index contributed by atoms with van der Waals surface area (Å²) in [6.45, 7) is 8.27. The Balaban J connectivity index is 3.87. The maximum Gasteiger partial charge on any atom is 0.237 e. The van der Waals surface area contributed by atoms with E-state index in [1.165, 1.54) is 0 Å². The Bertz CT molecular complexity index is 210. The summed E-state index contributed by atoms with van der Waals surface area (Å²) in [5.74, 6) is 0.0572. The fourth-order valence-electron chi connectivity index (χ4n) is 1.86. The van der Waals surface area contributed by atoms with Crippen molar-refractivity contribution in [3.8, 4) is 0 Å². The molecular weight excluding hydrogens is 216 g/mol. The third-order valence-electron chi connectivity index (χ3n) is 2.83. The molecular formula is C13H28N2O2. The van der Waals surface area contributed by atoms with Gasteiger partial charge in [-0.15, -0.1) is 0 Å². The van der Waals surface area contributed by atoms with Crippen molar-refractivity contribution in [3.05, 3.63) is 0 Å². The number of amides is 1. The van der Waals surface area contributed by atoms with Crippen LogP contribution < -0.4 is 10.6 Å². The van der Waals surface area contributed by atoms with E-state index in [9.17, 15) is 4.79 Å². The molecule has 0 aliphatic carbocycles. The Morgan fingerprint density at radius 1 is 1.18 bits per heavy atom. The molecule has 0 saturated heterocycles. The summed E-state index contributed by atoms with van der Waals surface area (Å²) in [4.78, 5) is 11.8. The van der Waals surface area contributed by atoms with Crippen LogP contribution in [0.15, 0.2) is 0 Å². The predicted molar refractivity (Wildman–Crippen MR) is 70.9 cm³/mol. The molecule has 0 bridgehead atoms. The summed E-state index contributed by atoms with van der Waals surface area (Å²) in [6, 6.07) is 0.317. The molecule has 0 aliphatic rings. The molecule has 1 amide bonds. The molecule has 0 heterocycles. The second-order valence-corrected chi connectivity index (χ2v) is 4.85. The van der Waals surface area contributed by atoms with E-state index in [1.54, 1.807) is 0 Å². The predicted octanol–water partition coefficient (Wildman–Crippen LogP) is 1.43. The van der Waals surface area contributed by atoms with Crippen LogP contribution in [0, 0.1) is 0 Å². The molecule has 0 aromatic rings. The third kappa shape index (κ3) is 8.16. The minimum atomic E-state index is -0.178. The van der Waals surface area contributed by atoms with Gasteiger partial charge in [0.15, 0.2) is 0 Å². The molecule has 4 heteroatoms. The van der Waals surface area contributed by atoms with E-state index in [2.05, 4.69) is 17.6 Å². The molecule has 4 nitrogen and oxygen atoms in total. The largest absolute Gasteiger partial charge is 0.396 e. The Hall–Kier alpha value is -0.610. The van der Waals surface area contributed by atoms with E-state index in [1.807, 2.05) is 20.8 Å². The van der Waals surface area contributed by atoms with Crippen molar-refractivity contribution in [3.63, 3.8) is 0 Å². The third-order valence-corrected chi connectivity index (χ3v) is 2.83. The zero-order valence-corrected chi connectivity index (χ0v) is 11.6. The smallest absolute Gasteiger partial charge is 0.237 e. The summed E-state index contributed by atoms with van der Waals surface area (Å²) < 4.78 is 0. The normalized spacial score (nSPS) is 16.3. The molecule has 3 atom stereocenters. The summed E-state index contributed by atoms with van der Waals surface area (Å²) in [7, 11) is 0. The summed E-state index contributed by atoms with van der Waals surface area (Å²) in [5, 5.41) is 15.0. The molecule has 3 unspecified atom stereocenters. The molecule has 0 aromatic heterocycles. The van der Waals surface area contributed by atoms with Gasteiger partial charge in [0.2, 0.25) is 5.91 Å². The van der Waals surface area contributed by atoms with E-state index < -0.39 is 0 Å². The second-order valence-electron chi connectivity index (χ2n) is 4.85. The first-order valence-electron chi connectivity index (χ1n) is 6.68. The molecule has 0 fully saturated rings. The Labute approximate surface area is 105 Å². The Morgan fingerprint density at radius 2 is 1.82 bits per heavy atom. The van der Waals surface area contributed by atoms with Gasteiger partial charge in [0.05, 0.1) is 6.04 Å². The van der Waals surface area contributed by atoms with Crippen LogP contribution in [-0.4, -0.2) is 35.7 Å². The fourth-order valence-corrected chi connectivity index (χ4v) is 1.86. The average molecular weight is 244 g/mol. The monoisotopic (exact) mass is 244 g/mol. The van der Waals surface area contributed by atoms with E-state index in [0.717, 1.165) is 25.7 Å². The lowest BCUT2D eigenvalue weighted by Gasteiger charge is -2.21. The van der Waals surface area contributed by atoms with Crippen LogP contribution in [-0.2, 0) is 4.79 Å². The van der Waals surface area contributed by atoms with E-state index in [-0.39, 0.29) is 30.6 Å². The second kappa shape index (κ2) is 9.42. The van der Waals surface area contributed by atoms with E-state index >= 15 is 0 Å². The zero-order valence-electron chi connectivity index (χ0n) is 11.6. The quantitative estimate of drug-likeness (QED) is 0.575. The SMILES string of the molecule is CCCC(C)NC(=O)C(C)NC(C)CCCO. The molecule has 0 rings (SSSR count). The fraction of sp³-hybridized carbons (Fsp3) is 0.923. The van der Waals surface area contributed by atoms with Crippen molar-refractivity contribution in [2.45, 2.75) is 71.5 Å². The number of nitrogens with one attached hydrogen (secondary N) is 2. The number of hydrogen-bond acceptors (Lipinski definition) is 3. The van der Waals surface area contributed by atoms with E-state index in [4.69, 9.17) is 5.11 Å². The number of carbonyl (C=O) groups excluding carboxylic acids is 1. The van der Waals surface area contributed by atoms with Gasteiger partial charge in [0, 0.05) is 18.7 Å². The highest BCUT2D eigenvalue weighted by Crippen LogP contribution is 1.99. The van der Waals surface area contributed by atoms with Crippen LogP contribution in [0.4, 0.5) is 0 Å². The van der Waals surface area contributed by atoms with Crippen molar-refractivity contribution in [2.24, 2.45) is 0 Å². The van der Waals surface area contributed by atoms with Crippen LogP contribution in [0.2, 0.25) is 0 Å². The first-order chi connectivity index (χ1) is 8.01. The lowest BCUT2D eigenvalue weighted by molar-refractivity contribution is -0.123. The highest BCUT2D eigenvalue weighted by Gasteiger charge is 2.16. The van der Waals surface area contributed by atoms with Gasteiger partial charge >= 0.3 is 0 Å². The van der Waals surface area contributed by atoms with Gasteiger partial charge in [-0.05, 0) is 40.0 Å². The van der Waals surface area contributed by atoms with Crippen molar-refractivity contribution in [1.29, 1.82) is 0 Å². The van der Waals surface area contributed by atoms with Gasteiger partial charge in [0.1, 0.15) is 0 Å². The summed E-state index contributed by atoms with van der Waals surface area (Å²) >= 11 is 0. The van der Waals surface area contributed by atoms with Gasteiger partial charge in [-0.3, -0.25) is 4.79 Å². The number of rotatable bonds is 9. The molecule has 0 aliphatic heterocycles. The van der Waals surface area contributed by atoms with Crippen LogP contribution >= 0.6 is 0 Å². The highest BCUT2D eigenvalue weighted by atomic mass is 16.2. The standard InChI is InChI=1S/C13H28N2O2/c1-5-7-10(2)15-13(17)12(4)14-11(3)8-6-9-16/h10-12,14,16H,5-9H2,1-4H3,(H,15,17). The molecule has 3 N–H and O–H groups in total. The summed E-state index contributed by atoms with van der Waals surface area (Å²) in [6.07, 6.45) is 3.75. The molecule has 0 radical (unpaired) electrons. The first kappa shape index (κ1) is 16.4. The lowest BCUT2D eigenvalue weighted by Crippen LogP contribution is -2.48. The molecule has 17 heavy (non-hydrogen) atoms. The number of hydrogen-bond donors (Lipinski definition) is 3. The number of aliphatic hydroxyl groups excluding tert-OH is 1. The van der Waals surface area contributed by atoms with E-state index in [0.29, 0.717) is 0 Å². The Kier molecular flexibility index (Phi) is 9.09. The molecule has 0 aromatic carbocycles.